The molecule has 0 saturated heterocycles. The molecule has 0 bridgehead atoms. The van der Waals surface area contributed by atoms with Gasteiger partial charge < -0.3 is 9.88 Å². The minimum Gasteiger partial charge on any atom is -0.368 e. The van der Waals surface area contributed by atoms with Crippen LogP contribution in [-0.4, -0.2) is 26.1 Å². The number of nitrogens with zero attached hydrogens (tertiary/aromatic N) is 4. The van der Waals surface area contributed by atoms with E-state index in [9.17, 15) is 0 Å². The van der Waals surface area contributed by atoms with Gasteiger partial charge in [0.05, 0.1) is 6.33 Å². The highest BCUT2D eigenvalue weighted by molar-refractivity contribution is 5.82. The molecule has 1 aliphatic carbocycles. The zero-order chi connectivity index (χ0) is 15.0. The molecule has 3 aromatic rings. The molecule has 1 N–H and O–H groups in total. The van der Waals surface area contributed by atoms with Crippen molar-refractivity contribution < 1.29 is 0 Å². The van der Waals surface area contributed by atoms with Crippen molar-refractivity contribution in [3.8, 4) is 0 Å². The van der Waals surface area contributed by atoms with E-state index in [0.717, 1.165) is 29.9 Å². The van der Waals surface area contributed by atoms with Crippen LogP contribution in [0.4, 0.5) is 5.82 Å². The number of aromatic nitrogens is 4. The molecule has 0 amide bonds. The van der Waals surface area contributed by atoms with E-state index in [1.54, 1.807) is 12.7 Å². The summed E-state index contributed by atoms with van der Waals surface area (Å²) in [7, 11) is 1.95. The minimum absolute atomic E-state index is 0.366. The van der Waals surface area contributed by atoms with Crippen LogP contribution < -0.4 is 5.32 Å². The molecule has 5 nitrogen and oxygen atoms in total. The lowest BCUT2D eigenvalue weighted by Crippen LogP contribution is -2.14. The molecule has 0 unspecified atom stereocenters. The zero-order valence-corrected chi connectivity index (χ0v) is 12.7. The van der Waals surface area contributed by atoms with Crippen molar-refractivity contribution in [3.63, 3.8) is 0 Å². The molecular formula is C17H19N5. The molecule has 1 fully saturated rings. The Labute approximate surface area is 129 Å². The summed E-state index contributed by atoms with van der Waals surface area (Å²) < 4.78 is 1.91. The number of aryl methyl sites for hydroxylation is 1. The summed E-state index contributed by atoms with van der Waals surface area (Å²) in [4.78, 5) is 13.0. The van der Waals surface area contributed by atoms with E-state index in [-0.39, 0.29) is 0 Å². The Hall–Kier alpha value is -2.43. The van der Waals surface area contributed by atoms with E-state index >= 15 is 0 Å². The third-order valence-corrected chi connectivity index (χ3v) is 4.63. The van der Waals surface area contributed by atoms with E-state index in [1.807, 2.05) is 11.6 Å². The Kier molecular flexibility index (Phi) is 3.06. The quantitative estimate of drug-likeness (QED) is 0.786. The second-order valence-electron chi connectivity index (χ2n) is 6.07. The molecule has 0 radical (unpaired) electrons. The second-order valence-corrected chi connectivity index (χ2v) is 6.07. The number of fused-ring (bicyclic) bond motifs is 1. The molecule has 22 heavy (non-hydrogen) atoms. The predicted octanol–water partition coefficient (Wildman–Crippen LogP) is 2.90. The molecule has 0 aliphatic heterocycles. The van der Waals surface area contributed by atoms with E-state index in [1.165, 1.54) is 18.4 Å². The van der Waals surface area contributed by atoms with Gasteiger partial charge in [-0.05, 0) is 30.2 Å². The van der Waals surface area contributed by atoms with E-state index in [0.29, 0.717) is 5.41 Å². The topological polar surface area (TPSA) is 55.6 Å². The molecule has 0 atom stereocenters. The van der Waals surface area contributed by atoms with E-state index in [2.05, 4.69) is 50.6 Å². The van der Waals surface area contributed by atoms with Gasteiger partial charge in [-0.3, -0.25) is 0 Å². The first-order valence-electron chi connectivity index (χ1n) is 7.70. The number of nitrogens with one attached hydrogen (secondary N) is 1. The van der Waals surface area contributed by atoms with Crippen LogP contribution in [0.2, 0.25) is 0 Å². The van der Waals surface area contributed by atoms with Gasteiger partial charge in [-0.15, -0.1) is 0 Å². The van der Waals surface area contributed by atoms with E-state index in [4.69, 9.17) is 0 Å². The molecule has 2 heterocycles. The molecule has 4 rings (SSSR count). The van der Waals surface area contributed by atoms with Crippen LogP contribution in [0.1, 0.15) is 24.8 Å². The van der Waals surface area contributed by atoms with Crippen molar-refractivity contribution in [1.82, 2.24) is 19.5 Å². The van der Waals surface area contributed by atoms with Crippen molar-refractivity contribution >= 4 is 17.0 Å². The zero-order valence-electron chi connectivity index (χ0n) is 12.7. The summed E-state index contributed by atoms with van der Waals surface area (Å²) >= 11 is 0. The fraction of sp³-hybridized carbons (Fsp3) is 0.353. The van der Waals surface area contributed by atoms with Crippen molar-refractivity contribution in [2.75, 3.05) is 11.9 Å². The summed E-state index contributed by atoms with van der Waals surface area (Å²) in [6.07, 6.45) is 7.05. The van der Waals surface area contributed by atoms with Crippen LogP contribution in [0, 0.1) is 0 Å². The molecule has 1 aromatic carbocycles. The Morgan fingerprint density at radius 1 is 1.14 bits per heavy atom. The Morgan fingerprint density at radius 2 is 1.95 bits per heavy atom. The van der Waals surface area contributed by atoms with Crippen molar-refractivity contribution in [1.29, 1.82) is 0 Å². The highest BCUT2D eigenvalue weighted by atomic mass is 15.1. The first-order valence-corrected chi connectivity index (χ1v) is 7.70. The number of benzene rings is 1. The van der Waals surface area contributed by atoms with Crippen LogP contribution in [0.15, 0.2) is 43.0 Å². The molecule has 112 valence electrons. The number of anilines is 1. The average Bonchev–Trinajstić information content (AvgIpc) is 3.26. The Bertz CT molecular complexity index is 789. The average molecular weight is 293 g/mol. The van der Waals surface area contributed by atoms with Gasteiger partial charge in [-0.1, -0.05) is 30.3 Å². The molecule has 5 heteroatoms. The van der Waals surface area contributed by atoms with Gasteiger partial charge in [0.2, 0.25) is 0 Å². The summed E-state index contributed by atoms with van der Waals surface area (Å²) in [5.74, 6) is 0.828. The van der Waals surface area contributed by atoms with Gasteiger partial charge in [-0.25, -0.2) is 15.0 Å². The third-order valence-electron chi connectivity index (χ3n) is 4.63. The van der Waals surface area contributed by atoms with Crippen LogP contribution in [0.25, 0.3) is 11.2 Å². The van der Waals surface area contributed by atoms with Gasteiger partial charge in [0.15, 0.2) is 11.5 Å². The maximum absolute atomic E-state index is 4.38. The maximum atomic E-state index is 4.38. The summed E-state index contributed by atoms with van der Waals surface area (Å²) in [5.41, 5.74) is 3.53. The highest BCUT2D eigenvalue weighted by Gasteiger charge is 2.43. The number of hydrogen-bond donors (Lipinski definition) is 1. The summed E-state index contributed by atoms with van der Waals surface area (Å²) in [6.45, 7) is 0.900. The monoisotopic (exact) mass is 293 g/mol. The molecule has 1 saturated carbocycles. The van der Waals surface area contributed by atoms with Gasteiger partial charge in [0.1, 0.15) is 11.8 Å². The highest BCUT2D eigenvalue weighted by Crippen LogP contribution is 2.50. The molecule has 1 aliphatic rings. The summed E-state index contributed by atoms with van der Waals surface area (Å²) in [5, 5.41) is 3.44. The van der Waals surface area contributed by atoms with Crippen molar-refractivity contribution in [2.24, 2.45) is 7.05 Å². The fourth-order valence-electron chi connectivity index (χ4n) is 3.12. The number of imidazole rings is 1. The second kappa shape index (κ2) is 5.09. The first kappa shape index (κ1) is 13.2. The lowest BCUT2D eigenvalue weighted by Gasteiger charge is -2.16. The van der Waals surface area contributed by atoms with Gasteiger partial charge in [0.25, 0.3) is 0 Å². The number of rotatable bonds is 5. The van der Waals surface area contributed by atoms with Crippen LogP contribution in [0.3, 0.4) is 0 Å². The maximum Gasteiger partial charge on any atom is 0.165 e. The smallest absolute Gasteiger partial charge is 0.165 e. The van der Waals surface area contributed by atoms with Crippen molar-refractivity contribution in [3.05, 3.63) is 48.5 Å². The van der Waals surface area contributed by atoms with Crippen LogP contribution >= 0.6 is 0 Å². The lowest BCUT2D eigenvalue weighted by atomic mass is 9.92. The number of hydrogen-bond acceptors (Lipinski definition) is 4. The lowest BCUT2D eigenvalue weighted by molar-refractivity contribution is 0.641. The molecular weight excluding hydrogens is 274 g/mol. The normalized spacial score (nSPS) is 15.9. The first-order chi connectivity index (χ1) is 10.8. The largest absolute Gasteiger partial charge is 0.368 e. The van der Waals surface area contributed by atoms with Gasteiger partial charge in [0, 0.05) is 13.6 Å². The van der Waals surface area contributed by atoms with Gasteiger partial charge >= 0.3 is 0 Å². The third kappa shape index (κ3) is 2.22. The standard InChI is InChI=1S/C17H19N5/c1-22-12-21-14-15(19-11-20-16(14)22)18-10-9-17(7-8-17)13-5-3-2-4-6-13/h2-6,11-12H,7-10H2,1H3,(H,18,19,20). The van der Waals surface area contributed by atoms with Gasteiger partial charge in [-0.2, -0.15) is 0 Å². The summed E-state index contributed by atoms with van der Waals surface area (Å²) in [6, 6.07) is 10.8. The predicted molar refractivity (Wildman–Crippen MR) is 86.8 cm³/mol. The minimum atomic E-state index is 0.366. The Balaban J connectivity index is 1.47. The van der Waals surface area contributed by atoms with E-state index < -0.39 is 0 Å². The fourth-order valence-corrected chi connectivity index (χ4v) is 3.12. The molecule has 0 spiro atoms. The SMILES string of the molecule is Cn1cnc2c(NCCC3(c4ccccc4)CC3)ncnc21. The Morgan fingerprint density at radius 3 is 2.73 bits per heavy atom. The van der Waals surface area contributed by atoms with Crippen molar-refractivity contribution in [2.45, 2.75) is 24.7 Å². The van der Waals surface area contributed by atoms with Crippen LogP contribution in [-0.2, 0) is 12.5 Å². The van der Waals surface area contributed by atoms with Crippen LogP contribution in [0.5, 0.6) is 0 Å². The molecule has 2 aromatic heterocycles.